The zero-order valence-corrected chi connectivity index (χ0v) is 17.2. The van der Waals surface area contributed by atoms with Gasteiger partial charge in [0.2, 0.25) is 0 Å². The van der Waals surface area contributed by atoms with Crippen molar-refractivity contribution >= 4 is 17.8 Å². The maximum absolute atomic E-state index is 12.9. The zero-order chi connectivity index (χ0) is 21.3. The van der Waals surface area contributed by atoms with E-state index in [1.165, 1.54) is 4.90 Å². The van der Waals surface area contributed by atoms with Gasteiger partial charge in [-0.05, 0) is 37.1 Å². The van der Waals surface area contributed by atoms with Gasteiger partial charge in [-0.2, -0.15) is 0 Å². The van der Waals surface area contributed by atoms with Crippen molar-refractivity contribution in [2.75, 3.05) is 26.2 Å². The van der Waals surface area contributed by atoms with Gasteiger partial charge >= 0.3 is 6.03 Å². The normalized spacial score (nSPS) is 19.7. The Kier molecular flexibility index (Phi) is 5.44. The van der Waals surface area contributed by atoms with E-state index in [4.69, 9.17) is 4.74 Å². The standard InChI is InChI=1S/C23H25N3O4/c1-3-25-22(28)20-15-24(13-14-26(20)23(25)29)21(27)16(2)30-19-11-9-18(10-12-19)17-7-5-4-6-8-17/h4-12,16,20H,3,13-15H2,1-2H3/t16-,20-/m0/s1. The lowest BCUT2D eigenvalue weighted by atomic mass is 10.1. The van der Waals surface area contributed by atoms with Crippen molar-refractivity contribution in [3.63, 3.8) is 0 Å². The van der Waals surface area contributed by atoms with Crippen molar-refractivity contribution in [1.82, 2.24) is 14.7 Å². The number of amides is 4. The number of imide groups is 1. The first kappa shape index (κ1) is 19.9. The van der Waals surface area contributed by atoms with Crippen LogP contribution in [0.15, 0.2) is 54.6 Å². The largest absolute Gasteiger partial charge is 0.481 e. The third kappa shape index (κ3) is 3.63. The summed E-state index contributed by atoms with van der Waals surface area (Å²) in [5, 5.41) is 0. The summed E-state index contributed by atoms with van der Waals surface area (Å²) in [6.45, 7) is 4.79. The van der Waals surface area contributed by atoms with Gasteiger partial charge in [-0.25, -0.2) is 4.79 Å². The number of urea groups is 1. The Balaban J connectivity index is 1.38. The Morgan fingerprint density at radius 3 is 2.37 bits per heavy atom. The van der Waals surface area contributed by atoms with E-state index in [1.807, 2.05) is 54.6 Å². The number of piperazine rings is 1. The van der Waals surface area contributed by atoms with Gasteiger partial charge in [0.1, 0.15) is 11.8 Å². The van der Waals surface area contributed by atoms with Crippen LogP contribution < -0.4 is 4.74 Å². The smallest absolute Gasteiger partial charge is 0.327 e. The van der Waals surface area contributed by atoms with E-state index in [1.54, 1.807) is 23.6 Å². The van der Waals surface area contributed by atoms with E-state index >= 15 is 0 Å². The monoisotopic (exact) mass is 407 g/mol. The molecule has 0 unspecified atom stereocenters. The second-order valence-electron chi connectivity index (χ2n) is 7.51. The average molecular weight is 407 g/mol. The molecule has 2 aliphatic heterocycles. The third-order valence-electron chi connectivity index (χ3n) is 5.66. The Morgan fingerprint density at radius 1 is 1.03 bits per heavy atom. The Hall–Kier alpha value is -3.35. The first-order valence-electron chi connectivity index (χ1n) is 10.2. The minimum Gasteiger partial charge on any atom is -0.481 e. The SMILES string of the molecule is CCN1C(=O)[C@@H]2CN(C(=O)[C@H](C)Oc3ccc(-c4ccccc4)cc3)CCN2C1=O. The molecule has 0 N–H and O–H groups in total. The van der Waals surface area contributed by atoms with Crippen LogP contribution in [0.4, 0.5) is 4.79 Å². The van der Waals surface area contributed by atoms with Gasteiger partial charge in [-0.15, -0.1) is 0 Å². The number of hydrogen-bond donors (Lipinski definition) is 0. The van der Waals surface area contributed by atoms with Gasteiger partial charge in [0.05, 0.1) is 6.54 Å². The molecule has 0 radical (unpaired) electrons. The molecule has 2 aliphatic rings. The lowest BCUT2D eigenvalue weighted by molar-refractivity contribution is -0.141. The molecule has 7 heteroatoms. The minimum atomic E-state index is -0.686. The second-order valence-corrected chi connectivity index (χ2v) is 7.51. The Morgan fingerprint density at radius 2 is 1.70 bits per heavy atom. The molecule has 2 heterocycles. The van der Waals surface area contributed by atoms with Crippen LogP contribution in [0.1, 0.15) is 13.8 Å². The van der Waals surface area contributed by atoms with Gasteiger partial charge in [0.25, 0.3) is 11.8 Å². The predicted molar refractivity (Wildman–Crippen MR) is 112 cm³/mol. The van der Waals surface area contributed by atoms with Crippen molar-refractivity contribution in [2.45, 2.75) is 26.0 Å². The predicted octanol–water partition coefficient (Wildman–Crippen LogP) is 2.62. The molecule has 0 aliphatic carbocycles. The number of ether oxygens (including phenoxy) is 1. The molecule has 2 fully saturated rings. The third-order valence-corrected chi connectivity index (χ3v) is 5.66. The molecular weight excluding hydrogens is 382 g/mol. The fourth-order valence-electron chi connectivity index (χ4n) is 4.01. The molecule has 7 nitrogen and oxygen atoms in total. The van der Waals surface area contributed by atoms with Crippen LogP contribution in [0.2, 0.25) is 0 Å². The summed E-state index contributed by atoms with van der Waals surface area (Å²) in [6, 6.07) is 16.8. The van der Waals surface area contributed by atoms with Gasteiger partial charge in [-0.1, -0.05) is 42.5 Å². The number of rotatable bonds is 5. The summed E-state index contributed by atoms with van der Waals surface area (Å²) >= 11 is 0. The summed E-state index contributed by atoms with van der Waals surface area (Å²) in [6.07, 6.45) is -0.686. The number of carbonyl (C=O) groups excluding carboxylic acids is 3. The van der Waals surface area contributed by atoms with Crippen molar-refractivity contribution in [3.8, 4) is 16.9 Å². The van der Waals surface area contributed by atoms with Gasteiger partial charge in [0.15, 0.2) is 6.10 Å². The number of fused-ring (bicyclic) bond motifs is 1. The van der Waals surface area contributed by atoms with Crippen molar-refractivity contribution < 1.29 is 19.1 Å². The molecule has 0 aromatic heterocycles. The highest BCUT2D eigenvalue weighted by Gasteiger charge is 2.48. The highest BCUT2D eigenvalue weighted by molar-refractivity contribution is 6.04. The lowest BCUT2D eigenvalue weighted by Crippen LogP contribution is -2.56. The quantitative estimate of drug-likeness (QED) is 0.715. The van der Waals surface area contributed by atoms with E-state index in [9.17, 15) is 14.4 Å². The summed E-state index contributed by atoms with van der Waals surface area (Å²) in [4.78, 5) is 42.0. The van der Waals surface area contributed by atoms with Gasteiger partial charge in [-0.3, -0.25) is 14.5 Å². The van der Waals surface area contributed by atoms with E-state index in [0.717, 1.165) is 11.1 Å². The first-order valence-corrected chi connectivity index (χ1v) is 10.2. The molecule has 4 rings (SSSR count). The van der Waals surface area contributed by atoms with E-state index < -0.39 is 12.1 Å². The summed E-state index contributed by atoms with van der Waals surface area (Å²) in [5.41, 5.74) is 2.19. The molecule has 2 saturated heterocycles. The van der Waals surface area contributed by atoms with Crippen LogP contribution in [-0.4, -0.2) is 70.9 Å². The minimum absolute atomic E-state index is 0.183. The number of nitrogens with zero attached hydrogens (tertiary/aromatic N) is 3. The summed E-state index contributed by atoms with van der Waals surface area (Å²) < 4.78 is 5.85. The van der Waals surface area contributed by atoms with Crippen LogP contribution >= 0.6 is 0 Å². The van der Waals surface area contributed by atoms with Crippen molar-refractivity contribution in [1.29, 1.82) is 0 Å². The highest BCUT2D eigenvalue weighted by atomic mass is 16.5. The molecule has 156 valence electrons. The highest BCUT2D eigenvalue weighted by Crippen LogP contribution is 2.24. The summed E-state index contributed by atoms with van der Waals surface area (Å²) in [7, 11) is 0. The molecule has 30 heavy (non-hydrogen) atoms. The fraction of sp³-hybridized carbons (Fsp3) is 0.348. The van der Waals surface area contributed by atoms with E-state index in [0.29, 0.717) is 25.4 Å². The molecule has 2 aromatic rings. The average Bonchev–Trinajstić information content (AvgIpc) is 3.03. The molecule has 0 bridgehead atoms. The van der Waals surface area contributed by atoms with Crippen LogP contribution in [0.5, 0.6) is 5.75 Å². The lowest BCUT2D eigenvalue weighted by Gasteiger charge is -2.36. The number of likely N-dealkylation sites (N-methyl/N-ethyl adjacent to an activating group) is 1. The van der Waals surface area contributed by atoms with Crippen LogP contribution in [-0.2, 0) is 9.59 Å². The fourth-order valence-corrected chi connectivity index (χ4v) is 4.01. The molecule has 0 spiro atoms. The van der Waals surface area contributed by atoms with Gasteiger partial charge in [0, 0.05) is 19.6 Å². The summed E-state index contributed by atoms with van der Waals surface area (Å²) in [5.74, 6) is 0.195. The van der Waals surface area contributed by atoms with Crippen molar-refractivity contribution in [3.05, 3.63) is 54.6 Å². The Bertz CT molecular complexity index is 945. The second kappa shape index (κ2) is 8.18. The molecule has 4 amide bonds. The van der Waals surface area contributed by atoms with E-state index in [2.05, 4.69) is 0 Å². The number of benzene rings is 2. The van der Waals surface area contributed by atoms with Crippen LogP contribution in [0, 0.1) is 0 Å². The topological polar surface area (TPSA) is 70.2 Å². The zero-order valence-electron chi connectivity index (χ0n) is 17.2. The van der Waals surface area contributed by atoms with Crippen LogP contribution in [0.25, 0.3) is 11.1 Å². The van der Waals surface area contributed by atoms with Gasteiger partial charge < -0.3 is 14.5 Å². The van der Waals surface area contributed by atoms with Crippen molar-refractivity contribution in [2.24, 2.45) is 0 Å². The maximum atomic E-state index is 12.9. The van der Waals surface area contributed by atoms with E-state index in [-0.39, 0.29) is 24.4 Å². The Labute approximate surface area is 175 Å². The first-order chi connectivity index (χ1) is 14.5. The molecular formula is C23H25N3O4. The van der Waals surface area contributed by atoms with Crippen LogP contribution in [0.3, 0.4) is 0 Å². The molecule has 2 atom stereocenters. The number of hydrogen-bond acceptors (Lipinski definition) is 4. The number of carbonyl (C=O) groups is 3. The molecule has 0 saturated carbocycles. The maximum Gasteiger partial charge on any atom is 0.327 e. The molecule has 2 aromatic carbocycles.